The molecule has 1 N–H and O–H groups in total. The van der Waals surface area contributed by atoms with E-state index in [0.717, 1.165) is 11.1 Å². The van der Waals surface area contributed by atoms with Crippen molar-refractivity contribution >= 4 is 11.9 Å². The predicted octanol–water partition coefficient (Wildman–Crippen LogP) is 2.81. The van der Waals surface area contributed by atoms with Crippen molar-refractivity contribution in [2.24, 2.45) is 11.8 Å². The van der Waals surface area contributed by atoms with Crippen molar-refractivity contribution in [2.45, 2.75) is 12.6 Å². The van der Waals surface area contributed by atoms with Crippen LogP contribution in [0.4, 0.5) is 9.18 Å². The SMILES string of the molecule is COCC(=O)N1C[C@H]2CN(C(=O)NCc3ccccc3)C[C@H]2[C@@H]1c1cccc(F)c1. The summed E-state index contributed by atoms with van der Waals surface area (Å²) in [6.45, 7) is 2.11. The van der Waals surface area contributed by atoms with Gasteiger partial charge in [0.1, 0.15) is 12.4 Å². The molecule has 2 aliphatic heterocycles. The second kappa shape index (κ2) is 8.83. The summed E-state index contributed by atoms with van der Waals surface area (Å²) in [5.74, 6) is -0.219. The Morgan fingerprint density at radius 1 is 1.10 bits per heavy atom. The van der Waals surface area contributed by atoms with Gasteiger partial charge in [0.05, 0.1) is 6.04 Å². The van der Waals surface area contributed by atoms with Crippen LogP contribution in [0.3, 0.4) is 0 Å². The maximum Gasteiger partial charge on any atom is 0.317 e. The fourth-order valence-corrected chi connectivity index (χ4v) is 4.68. The molecule has 2 heterocycles. The Hall–Kier alpha value is -2.93. The van der Waals surface area contributed by atoms with Gasteiger partial charge in [0.2, 0.25) is 5.91 Å². The highest BCUT2D eigenvalue weighted by atomic mass is 19.1. The van der Waals surface area contributed by atoms with Gasteiger partial charge in [-0.3, -0.25) is 4.79 Å². The number of likely N-dealkylation sites (tertiary alicyclic amines) is 2. The van der Waals surface area contributed by atoms with E-state index in [4.69, 9.17) is 4.74 Å². The van der Waals surface area contributed by atoms with E-state index >= 15 is 0 Å². The first-order chi connectivity index (χ1) is 14.6. The van der Waals surface area contributed by atoms with Crippen LogP contribution in [0.2, 0.25) is 0 Å². The van der Waals surface area contributed by atoms with Crippen LogP contribution in [0.15, 0.2) is 54.6 Å². The van der Waals surface area contributed by atoms with E-state index < -0.39 is 0 Å². The van der Waals surface area contributed by atoms with Gasteiger partial charge >= 0.3 is 6.03 Å². The summed E-state index contributed by atoms with van der Waals surface area (Å²) in [7, 11) is 1.49. The Balaban J connectivity index is 1.48. The highest BCUT2D eigenvalue weighted by molar-refractivity contribution is 5.79. The first kappa shape index (κ1) is 20.3. The molecular weight excluding hydrogens is 385 g/mol. The van der Waals surface area contributed by atoms with Crippen LogP contribution in [0.1, 0.15) is 17.2 Å². The van der Waals surface area contributed by atoms with Crippen LogP contribution >= 0.6 is 0 Å². The minimum atomic E-state index is -0.328. The van der Waals surface area contributed by atoms with E-state index in [-0.39, 0.29) is 42.2 Å². The number of halogens is 1. The van der Waals surface area contributed by atoms with E-state index in [1.165, 1.54) is 19.2 Å². The smallest absolute Gasteiger partial charge is 0.317 e. The average molecular weight is 411 g/mol. The van der Waals surface area contributed by atoms with Gasteiger partial charge in [-0.15, -0.1) is 0 Å². The van der Waals surface area contributed by atoms with Crippen LogP contribution in [0.5, 0.6) is 0 Å². The molecule has 0 aromatic heterocycles. The Kier molecular flexibility index (Phi) is 5.99. The number of benzene rings is 2. The summed E-state index contributed by atoms with van der Waals surface area (Å²) in [5, 5.41) is 2.97. The number of carbonyl (C=O) groups is 2. The lowest BCUT2D eigenvalue weighted by Gasteiger charge is -2.30. The zero-order chi connectivity index (χ0) is 21.1. The van der Waals surface area contributed by atoms with Gasteiger partial charge < -0.3 is 19.9 Å². The molecule has 0 unspecified atom stereocenters. The zero-order valence-corrected chi connectivity index (χ0v) is 17.0. The van der Waals surface area contributed by atoms with Crippen LogP contribution in [-0.2, 0) is 16.1 Å². The number of nitrogens with zero attached hydrogens (tertiary/aromatic N) is 2. The Morgan fingerprint density at radius 3 is 2.63 bits per heavy atom. The number of urea groups is 1. The number of rotatable bonds is 5. The minimum Gasteiger partial charge on any atom is -0.375 e. The molecule has 6 nitrogen and oxygen atoms in total. The molecule has 3 atom stereocenters. The van der Waals surface area contributed by atoms with Crippen molar-refractivity contribution in [1.29, 1.82) is 0 Å². The molecule has 0 saturated carbocycles. The third kappa shape index (κ3) is 4.16. The number of fused-ring (bicyclic) bond motifs is 1. The van der Waals surface area contributed by atoms with E-state index in [1.54, 1.807) is 11.0 Å². The highest BCUT2D eigenvalue weighted by Crippen LogP contribution is 2.45. The number of nitrogens with one attached hydrogen (secondary N) is 1. The molecule has 4 rings (SSSR count). The van der Waals surface area contributed by atoms with Gasteiger partial charge in [-0.25, -0.2) is 9.18 Å². The number of hydrogen-bond acceptors (Lipinski definition) is 3. The second-order valence-electron chi connectivity index (χ2n) is 7.95. The summed E-state index contributed by atoms with van der Waals surface area (Å²) < 4.78 is 18.9. The molecule has 30 heavy (non-hydrogen) atoms. The first-order valence-electron chi connectivity index (χ1n) is 10.2. The molecule has 2 saturated heterocycles. The summed E-state index contributed by atoms with van der Waals surface area (Å²) >= 11 is 0. The van der Waals surface area contributed by atoms with Crippen LogP contribution in [-0.4, -0.2) is 55.1 Å². The lowest BCUT2D eigenvalue weighted by Crippen LogP contribution is -2.42. The first-order valence-corrected chi connectivity index (χ1v) is 10.2. The second-order valence-corrected chi connectivity index (χ2v) is 7.95. The number of hydrogen-bond donors (Lipinski definition) is 1. The molecule has 158 valence electrons. The van der Waals surface area contributed by atoms with Crippen molar-refractivity contribution in [3.05, 3.63) is 71.5 Å². The summed E-state index contributed by atoms with van der Waals surface area (Å²) in [5.41, 5.74) is 1.80. The van der Waals surface area contributed by atoms with Gasteiger partial charge in [0.15, 0.2) is 0 Å². The molecule has 2 fully saturated rings. The third-order valence-electron chi connectivity index (χ3n) is 6.02. The van der Waals surface area contributed by atoms with Crippen molar-refractivity contribution in [3.8, 4) is 0 Å². The Bertz CT molecular complexity index is 908. The van der Waals surface area contributed by atoms with Crippen molar-refractivity contribution in [3.63, 3.8) is 0 Å². The zero-order valence-electron chi connectivity index (χ0n) is 17.0. The largest absolute Gasteiger partial charge is 0.375 e. The standard InChI is InChI=1S/C23H26FN3O3/c1-30-15-21(28)27-13-18-12-26(23(29)25-11-16-6-3-2-4-7-16)14-20(18)22(27)17-8-5-9-19(24)10-17/h2-10,18,20,22H,11-15H2,1H3,(H,25,29)/t18-,20-,22+/m1/s1. The fraction of sp³-hybridized carbons (Fsp3) is 0.391. The maximum atomic E-state index is 13.9. The Labute approximate surface area is 175 Å². The highest BCUT2D eigenvalue weighted by Gasteiger charge is 2.50. The summed E-state index contributed by atoms with van der Waals surface area (Å²) in [4.78, 5) is 28.9. The van der Waals surface area contributed by atoms with Gasteiger partial charge in [-0.2, -0.15) is 0 Å². The summed E-state index contributed by atoms with van der Waals surface area (Å²) in [6, 6.07) is 15.8. The van der Waals surface area contributed by atoms with Gasteiger partial charge in [0, 0.05) is 45.1 Å². The number of ether oxygens (including phenoxy) is 1. The quantitative estimate of drug-likeness (QED) is 0.823. The fourth-order valence-electron chi connectivity index (χ4n) is 4.68. The number of amides is 3. The Morgan fingerprint density at radius 2 is 1.90 bits per heavy atom. The molecule has 7 heteroatoms. The number of carbonyl (C=O) groups excluding carboxylic acids is 2. The molecule has 2 aromatic rings. The third-order valence-corrected chi connectivity index (χ3v) is 6.02. The van der Waals surface area contributed by atoms with Crippen molar-refractivity contribution in [1.82, 2.24) is 15.1 Å². The molecule has 0 aliphatic carbocycles. The van der Waals surface area contributed by atoms with Crippen molar-refractivity contribution in [2.75, 3.05) is 33.4 Å². The van der Waals surface area contributed by atoms with Gasteiger partial charge in [-0.1, -0.05) is 42.5 Å². The molecule has 0 radical (unpaired) electrons. The lowest BCUT2D eigenvalue weighted by atomic mass is 9.89. The molecule has 3 amide bonds. The normalized spacial score (nSPS) is 22.8. The maximum absolute atomic E-state index is 13.9. The summed E-state index contributed by atoms with van der Waals surface area (Å²) in [6.07, 6.45) is 0. The van der Waals surface area contributed by atoms with Crippen LogP contribution in [0.25, 0.3) is 0 Å². The van der Waals surface area contributed by atoms with Gasteiger partial charge in [0.25, 0.3) is 0 Å². The lowest BCUT2D eigenvalue weighted by molar-refractivity contribution is -0.136. The van der Waals surface area contributed by atoms with E-state index in [0.29, 0.717) is 26.2 Å². The van der Waals surface area contributed by atoms with Crippen molar-refractivity contribution < 1.29 is 18.7 Å². The molecule has 2 aliphatic rings. The van der Waals surface area contributed by atoms with Crippen LogP contribution in [0, 0.1) is 17.7 Å². The molecule has 0 bridgehead atoms. The van der Waals surface area contributed by atoms with Crippen LogP contribution < -0.4 is 5.32 Å². The van der Waals surface area contributed by atoms with Gasteiger partial charge in [-0.05, 0) is 23.3 Å². The minimum absolute atomic E-state index is 0.00741. The van der Waals surface area contributed by atoms with E-state index in [2.05, 4.69) is 5.32 Å². The molecule has 2 aromatic carbocycles. The van der Waals surface area contributed by atoms with E-state index in [1.807, 2.05) is 41.3 Å². The molecule has 0 spiro atoms. The topological polar surface area (TPSA) is 61.9 Å². The predicted molar refractivity (Wildman–Crippen MR) is 110 cm³/mol. The molecular formula is C23H26FN3O3. The average Bonchev–Trinajstić information content (AvgIpc) is 3.31. The number of methoxy groups -OCH3 is 1. The van der Waals surface area contributed by atoms with E-state index in [9.17, 15) is 14.0 Å². The monoisotopic (exact) mass is 411 g/mol.